The third kappa shape index (κ3) is 3.51. The number of anilines is 1. The number of hydrogen-bond acceptors (Lipinski definition) is 2. The topological polar surface area (TPSA) is 21.3 Å². The van der Waals surface area contributed by atoms with E-state index in [1.54, 1.807) is 7.11 Å². The second kappa shape index (κ2) is 6.11. The number of nitrogens with one attached hydrogen (secondary N) is 1. The summed E-state index contributed by atoms with van der Waals surface area (Å²) in [6, 6.07) is 14.7. The Morgan fingerprint density at radius 3 is 2.42 bits per heavy atom. The Morgan fingerprint density at radius 2 is 1.79 bits per heavy atom. The molecule has 1 atom stereocenters. The largest absolute Gasteiger partial charge is 0.495 e. The van der Waals surface area contributed by atoms with E-state index in [0.717, 1.165) is 15.9 Å². The number of ether oxygens (including phenoxy) is 1. The molecule has 0 aliphatic carbocycles. The zero-order chi connectivity index (χ0) is 13.8. The van der Waals surface area contributed by atoms with Gasteiger partial charge in [-0.1, -0.05) is 34.1 Å². The number of rotatable bonds is 4. The molecular formula is C16H18BrNO. The molecular weight excluding hydrogens is 302 g/mol. The lowest BCUT2D eigenvalue weighted by molar-refractivity contribution is 0.416. The number of methoxy groups -OCH3 is 1. The van der Waals surface area contributed by atoms with Crippen LogP contribution in [0.15, 0.2) is 46.9 Å². The fraction of sp³-hybridized carbons (Fsp3) is 0.250. The summed E-state index contributed by atoms with van der Waals surface area (Å²) in [4.78, 5) is 0. The van der Waals surface area contributed by atoms with Crippen LogP contribution in [0.1, 0.15) is 24.1 Å². The first-order chi connectivity index (χ1) is 9.10. The zero-order valence-electron chi connectivity index (χ0n) is 11.4. The lowest BCUT2D eigenvalue weighted by Gasteiger charge is -2.18. The highest BCUT2D eigenvalue weighted by Crippen LogP contribution is 2.29. The van der Waals surface area contributed by atoms with E-state index < -0.39 is 0 Å². The summed E-state index contributed by atoms with van der Waals surface area (Å²) in [5, 5.41) is 3.50. The molecule has 100 valence electrons. The van der Waals surface area contributed by atoms with Gasteiger partial charge in [-0.15, -0.1) is 0 Å². The van der Waals surface area contributed by atoms with Gasteiger partial charge in [0.2, 0.25) is 0 Å². The van der Waals surface area contributed by atoms with Crippen LogP contribution in [0.2, 0.25) is 0 Å². The highest BCUT2D eigenvalue weighted by molar-refractivity contribution is 9.10. The third-order valence-electron chi connectivity index (χ3n) is 3.10. The van der Waals surface area contributed by atoms with Crippen molar-refractivity contribution >= 4 is 21.6 Å². The Bertz CT molecular complexity index is 551. The SMILES string of the molecule is COc1ccc(C)cc1NC(C)c1ccc(Br)cc1. The lowest BCUT2D eigenvalue weighted by atomic mass is 10.1. The van der Waals surface area contributed by atoms with E-state index in [0.29, 0.717) is 0 Å². The Kier molecular flexibility index (Phi) is 4.48. The van der Waals surface area contributed by atoms with Gasteiger partial charge in [-0.2, -0.15) is 0 Å². The smallest absolute Gasteiger partial charge is 0.141 e. The van der Waals surface area contributed by atoms with Crippen molar-refractivity contribution in [2.75, 3.05) is 12.4 Å². The summed E-state index contributed by atoms with van der Waals surface area (Å²) in [6.07, 6.45) is 0. The molecule has 0 radical (unpaired) electrons. The van der Waals surface area contributed by atoms with Crippen LogP contribution >= 0.6 is 15.9 Å². The van der Waals surface area contributed by atoms with Crippen LogP contribution in [0.5, 0.6) is 5.75 Å². The molecule has 0 spiro atoms. The van der Waals surface area contributed by atoms with E-state index in [4.69, 9.17) is 4.74 Å². The molecule has 0 heterocycles. The second-order valence-corrected chi connectivity index (χ2v) is 5.54. The first-order valence-corrected chi connectivity index (χ1v) is 7.06. The second-order valence-electron chi connectivity index (χ2n) is 4.62. The number of aryl methyl sites for hydroxylation is 1. The maximum absolute atomic E-state index is 5.39. The number of halogens is 1. The van der Waals surface area contributed by atoms with E-state index in [2.05, 4.69) is 65.4 Å². The summed E-state index contributed by atoms with van der Waals surface area (Å²) in [5.41, 5.74) is 3.48. The molecule has 1 N–H and O–H groups in total. The van der Waals surface area contributed by atoms with Gasteiger partial charge in [-0.25, -0.2) is 0 Å². The first-order valence-electron chi connectivity index (χ1n) is 6.27. The van der Waals surface area contributed by atoms with Gasteiger partial charge < -0.3 is 10.1 Å². The van der Waals surface area contributed by atoms with Crippen LogP contribution in [0, 0.1) is 6.92 Å². The molecule has 3 heteroatoms. The van der Waals surface area contributed by atoms with Crippen LogP contribution < -0.4 is 10.1 Å². The van der Waals surface area contributed by atoms with Gasteiger partial charge in [-0.3, -0.25) is 0 Å². The van der Waals surface area contributed by atoms with Crippen molar-refractivity contribution in [1.29, 1.82) is 0 Å². The highest BCUT2D eigenvalue weighted by Gasteiger charge is 2.09. The predicted molar refractivity (Wildman–Crippen MR) is 83.9 cm³/mol. The van der Waals surface area contributed by atoms with Gasteiger partial charge in [0.25, 0.3) is 0 Å². The van der Waals surface area contributed by atoms with E-state index in [9.17, 15) is 0 Å². The van der Waals surface area contributed by atoms with Crippen molar-refractivity contribution in [2.24, 2.45) is 0 Å². The fourth-order valence-corrected chi connectivity index (χ4v) is 2.27. The molecule has 0 saturated carbocycles. The average Bonchev–Trinajstić information content (AvgIpc) is 2.39. The maximum Gasteiger partial charge on any atom is 0.141 e. The van der Waals surface area contributed by atoms with E-state index in [-0.39, 0.29) is 6.04 Å². The third-order valence-corrected chi connectivity index (χ3v) is 3.63. The van der Waals surface area contributed by atoms with Crippen LogP contribution in [0.3, 0.4) is 0 Å². The van der Waals surface area contributed by atoms with Crippen molar-refractivity contribution in [1.82, 2.24) is 0 Å². The summed E-state index contributed by atoms with van der Waals surface area (Å²) in [6.45, 7) is 4.22. The molecule has 0 amide bonds. The quantitative estimate of drug-likeness (QED) is 0.861. The molecule has 0 fully saturated rings. The molecule has 0 aliphatic heterocycles. The van der Waals surface area contributed by atoms with Gasteiger partial charge >= 0.3 is 0 Å². The highest BCUT2D eigenvalue weighted by atomic mass is 79.9. The maximum atomic E-state index is 5.39. The Morgan fingerprint density at radius 1 is 1.11 bits per heavy atom. The first kappa shape index (κ1) is 13.9. The molecule has 2 aromatic rings. The van der Waals surface area contributed by atoms with Crippen LogP contribution in [0.25, 0.3) is 0 Å². The minimum atomic E-state index is 0.226. The Balaban J connectivity index is 2.20. The van der Waals surface area contributed by atoms with Crippen molar-refractivity contribution < 1.29 is 4.74 Å². The van der Waals surface area contributed by atoms with Crippen LogP contribution in [-0.2, 0) is 0 Å². The monoisotopic (exact) mass is 319 g/mol. The zero-order valence-corrected chi connectivity index (χ0v) is 13.0. The molecule has 2 aromatic carbocycles. The molecule has 0 saturated heterocycles. The molecule has 0 aliphatic rings. The predicted octanol–water partition coefficient (Wildman–Crippen LogP) is 4.94. The molecule has 1 unspecified atom stereocenters. The Hall–Kier alpha value is -1.48. The van der Waals surface area contributed by atoms with E-state index in [1.807, 2.05) is 12.1 Å². The van der Waals surface area contributed by atoms with Crippen molar-refractivity contribution in [2.45, 2.75) is 19.9 Å². The normalized spacial score (nSPS) is 12.0. The van der Waals surface area contributed by atoms with Crippen molar-refractivity contribution in [3.8, 4) is 5.75 Å². The van der Waals surface area contributed by atoms with Crippen LogP contribution in [-0.4, -0.2) is 7.11 Å². The summed E-state index contributed by atoms with van der Waals surface area (Å²) in [5.74, 6) is 0.870. The van der Waals surface area contributed by atoms with Crippen molar-refractivity contribution in [3.63, 3.8) is 0 Å². The molecule has 0 aromatic heterocycles. The average molecular weight is 320 g/mol. The van der Waals surface area contributed by atoms with Crippen LogP contribution in [0.4, 0.5) is 5.69 Å². The minimum absolute atomic E-state index is 0.226. The number of hydrogen-bond donors (Lipinski definition) is 1. The fourth-order valence-electron chi connectivity index (χ4n) is 2.00. The standard InChI is InChI=1S/C16H18BrNO/c1-11-4-9-16(19-3)15(10-11)18-12(2)13-5-7-14(17)8-6-13/h4-10,12,18H,1-3H3. The summed E-state index contributed by atoms with van der Waals surface area (Å²) in [7, 11) is 1.69. The summed E-state index contributed by atoms with van der Waals surface area (Å²) >= 11 is 3.45. The van der Waals surface area contributed by atoms with Gasteiger partial charge in [0.1, 0.15) is 5.75 Å². The van der Waals surface area contributed by atoms with Gasteiger partial charge in [0.05, 0.1) is 12.8 Å². The van der Waals surface area contributed by atoms with E-state index >= 15 is 0 Å². The molecule has 0 bridgehead atoms. The van der Waals surface area contributed by atoms with Gasteiger partial charge in [-0.05, 0) is 49.2 Å². The lowest BCUT2D eigenvalue weighted by Crippen LogP contribution is -2.07. The van der Waals surface area contributed by atoms with E-state index in [1.165, 1.54) is 11.1 Å². The molecule has 19 heavy (non-hydrogen) atoms. The Labute approximate surface area is 122 Å². The molecule has 2 rings (SSSR count). The molecule has 2 nitrogen and oxygen atoms in total. The summed E-state index contributed by atoms with van der Waals surface area (Å²) < 4.78 is 6.48. The van der Waals surface area contributed by atoms with Crippen molar-refractivity contribution in [3.05, 3.63) is 58.1 Å². The van der Waals surface area contributed by atoms with Gasteiger partial charge in [0.15, 0.2) is 0 Å². The minimum Gasteiger partial charge on any atom is -0.495 e. The number of benzene rings is 2. The van der Waals surface area contributed by atoms with Gasteiger partial charge in [0, 0.05) is 10.5 Å².